The highest BCUT2D eigenvalue weighted by Gasteiger charge is 2.14. The Morgan fingerprint density at radius 2 is 1.07 bits per heavy atom. The van der Waals surface area contributed by atoms with Crippen molar-refractivity contribution in [3.8, 4) is 11.5 Å². The number of aromatic hydroxyl groups is 2. The number of rotatable bonds is 4. The van der Waals surface area contributed by atoms with Crippen LogP contribution in [-0.2, 0) is 0 Å². The van der Waals surface area contributed by atoms with Crippen molar-refractivity contribution in [2.24, 2.45) is 9.98 Å². The van der Waals surface area contributed by atoms with Gasteiger partial charge >= 0.3 is 0 Å². The molecule has 0 radical (unpaired) electrons. The van der Waals surface area contributed by atoms with E-state index >= 15 is 0 Å². The van der Waals surface area contributed by atoms with Crippen LogP contribution in [0.5, 0.6) is 11.5 Å². The third-order valence-electron chi connectivity index (χ3n) is 4.84. The second-order valence-corrected chi connectivity index (χ2v) is 7.41. The summed E-state index contributed by atoms with van der Waals surface area (Å²) in [7, 11) is 0. The van der Waals surface area contributed by atoms with Crippen molar-refractivity contribution < 1.29 is 10.2 Å². The maximum Gasteiger partial charge on any atom is 0.128 e. The average Bonchev–Trinajstić information content (AvgIpc) is 2.67. The van der Waals surface area contributed by atoms with Gasteiger partial charge in [0.05, 0.1) is 22.7 Å². The van der Waals surface area contributed by atoms with E-state index in [1.807, 2.05) is 38.1 Å². The minimum atomic E-state index is -0.0772. The van der Waals surface area contributed by atoms with E-state index in [0.29, 0.717) is 45.3 Å². The van der Waals surface area contributed by atoms with Crippen molar-refractivity contribution in [1.82, 2.24) is 0 Å². The number of hydrogen-bond acceptors (Lipinski definition) is 6. The Morgan fingerprint density at radius 1 is 0.667 bits per heavy atom. The second kappa shape index (κ2) is 8.29. The quantitative estimate of drug-likeness (QED) is 0.356. The molecule has 3 aromatic rings. The summed E-state index contributed by atoms with van der Waals surface area (Å²) in [6.45, 7) is 7.48. The molecule has 6 nitrogen and oxygen atoms in total. The molecule has 0 heterocycles. The van der Waals surface area contributed by atoms with Crippen molar-refractivity contribution in [2.75, 3.05) is 11.5 Å². The van der Waals surface area contributed by atoms with Crippen LogP contribution < -0.4 is 11.5 Å². The number of benzene rings is 3. The molecule has 0 aromatic heterocycles. The van der Waals surface area contributed by atoms with Crippen molar-refractivity contribution in [2.45, 2.75) is 27.7 Å². The van der Waals surface area contributed by atoms with Crippen LogP contribution in [0, 0.1) is 13.8 Å². The number of hydrogen-bond donors (Lipinski definition) is 4. The lowest BCUT2D eigenvalue weighted by atomic mass is 10.0. The van der Waals surface area contributed by atoms with Crippen LogP contribution >= 0.6 is 0 Å². The lowest BCUT2D eigenvalue weighted by Crippen LogP contribution is -2.02. The number of aliphatic imine (C=N–C) groups is 2. The highest BCUT2D eigenvalue weighted by atomic mass is 16.3. The predicted molar refractivity (Wildman–Crippen MR) is 125 cm³/mol. The number of nitrogen functional groups attached to an aromatic ring is 2. The molecule has 0 saturated heterocycles. The average molecular weight is 402 g/mol. The molecule has 0 spiro atoms. The van der Waals surface area contributed by atoms with Crippen LogP contribution in [0.15, 0.2) is 58.5 Å². The number of phenols is 2. The summed E-state index contributed by atoms with van der Waals surface area (Å²) in [5.74, 6) is -0.154. The van der Waals surface area contributed by atoms with Crippen LogP contribution in [0.4, 0.5) is 22.7 Å². The molecule has 154 valence electrons. The Bertz CT molecular complexity index is 1090. The Hall–Kier alpha value is -3.80. The molecule has 0 bridgehead atoms. The standard InChI is InChI=1S/C24H26N4O2/c1-13-5-7-19(25)21(9-13)27-15(3)17-11-18(24(30)12-23(17)29)16(4)28-22-10-14(2)6-8-20(22)26/h5-12,29-30H,25-26H2,1-4H3. The zero-order chi connectivity index (χ0) is 22.0. The van der Waals surface area contributed by atoms with Gasteiger partial charge in [-0.25, -0.2) is 0 Å². The van der Waals surface area contributed by atoms with E-state index < -0.39 is 0 Å². The molecule has 0 aliphatic heterocycles. The molecule has 0 amide bonds. The Kier molecular flexibility index (Phi) is 5.78. The topological polar surface area (TPSA) is 117 Å². The Labute approximate surface area is 176 Å². The van der Waals surface area contributed by atoms with E-state index in [1.54, 1.807) is 32.0 Å². The van der Waals surface area contributed by atoms with E-state index in [1.165, 1.54) is 6.07 Å². The molecule has 0 unspecified atom stereocenters. The first-order chi connectivity index (χ1) is 14.2. The number of aryl methyl sites for hydroxylation is 2. The molecule has 0 aliphatic rings. The maximum absolute atomic E-state index is 10.4. The summed E-state index contributed by atoms with van der Waals surface area (Å²) in [6, 6.07) is 14.1. The summed E-state index contributed by atoms with van der Waals surface area (Å²) in [5.41, 5.74) is 18.6. The molecule has 3 aromatic carbocycles. The van der Waals surface area contributed by atoms with E-state index in [0.717, 1.165) is 11.1 Å². The normalized spacial score (nSPS) is 12.3. The maximum atomic E-state index is 10.4. The molecule has 6 heteroatoms. The Morgan fingerprint density at radius 3 is 1.47 bits per heavy atom. The van der Waals surface area contributed by atoms with Gasteiger partial charge in [0.2, 0.25) is 0 Å². The van der Waals surface area contributed by atoms with Crippen LogP contribution in [0.1, 0.15) is 36.1 Å². The largest absolute Gasteiger partial charge is 0.507 e. The van der Waals surface area contributed by atoms with Crippen molar-refractivity contribution >= 4 is 34.2 Å². The first kappa shape index (κ1) is 20.9. The zero-order valence-corrected chi connectivity index (χ0v) is 17.6. The fourth-order valence-electron chi connectivity index (χ4n) is 3.14. The van der Waals surface area contributed by atoms with Crippen LogP contribution in [0.25, 0.3) is 0 Å². The van der Waals surface area contributed by atoms with E-state index in [9.17, 15) is 10.2 Å². The molecular weight excluding hydrogens is 376 g/mol. The summed E-state index contributed by atoms with van der Waals surface area (Å²) >= 11 is 0. The van der Waals surface area contributed by atoms with Crippen molar-refractivity contribution in [3.05, 3.63) is 70.8 Å². The van der Waals surface area contributed by atoms with Gasteiger partial charge in [0, 0.05) is 28.6 Å². The highest BCUT2D eigenvalue weighted by molar-refractivity contribution is 6.08. The first-order valence-electron chi connectivity index (χ1n) is 9.55. The van der Waals surface area contributed by atoms with Gasteiger partial charge in [-0.2, -0.15) is 0 Å². The minimum absolute atomic E-state index is 0.0772. The van der Waals surface area contributed by atoms with Gasteiger partial charge < -0.3 is 21.7 Å². The molecule has 0 aliphatic carbocycles. The fraction of sp³-hybridized carbons (Fsp3) is 0.167. The third kappa shape index (κ3) is 4.43. The number of nitrogens with two attached hydrogens (primary N) is 2. The molecule has 3 rings (SSSR count). The van der Waals surface area contributed by atoms with Gasteiger partial charge in [-0.15, -0.1) is 0 Å². The molecule has 0 saturated carbocycles. The summed E-state index contributed by atoms with van der Waals surface area (Å²) in [6.07, 6.45) is 0. The van der Waals surface area contributed by atoms with Gasteiger partial charge in [-0.05, 0) is 69.2 Å². The van der Waals surface area contributed by atoms with Gasteiger partial charge in [0.25, 0.3) is 0 Å². The fourth-order valence-corrected chi connectivity index (χ4v) is 3.14. The van der Waals surface area contributed by atoms with Gasteiger partial charge in [0.1, 0.15) is 11.5 Å². The monoisotopic (exact) mass is 402 g/mol. The van der Waals surface area contributed by atoms with E-state index in [2.05, 4.69) is 9.98 Å². The second-order valence-electron chi connectivity index (χ2n) is 7.41. The van der Waals surface area contributed by atoms with Crippen molar-refractivity contribution in [1.29, 1.82) is 0 Å². The van der Waals surface area contributed by atoms with E-state index in [4.69, 9.17) is 11.5 Å². The molecule has 0 atom stereocenters. The number of phenolic OH excluding ortho intramolecular Hbond substituents is 2. The summed E-state index contributed by atoms with van der Waals surface area (Å²) in [5, 5.41) is 20.8. The van der Waals surface area contributed by atoms with Gasteiger partial charge in [-0.1, -0.05) is 12.1 Å². The lowest BCUT2D eigenvalue weighted by molar-refractivity contribution is 0.449. The predicted octanol–water partition coefficient (Wildman–Crippen LogP) is 5.16. The van der Waals surface area contributed by atoms with Crippen molar-refractivity contribution in [3.63, 3.8) is 0 Å². The van der Waals surface area contributed by atoms with Gasteiger partial charge in [0.15, 0.2) is 0 Å². The van der Waals surface area contributed by atoms with Gasteiger partial charge in [-0.3, -0.25) is 9.98 Å². The smallest absolute Gasteiger partial charge is 0.128 e. The molecule has 0 fully saturated rings. The summed E-state index contributed by atoms with van der Waals surface area (Å²) in [4.78, 5) is 9.16. The zero-order valence-electron chi connectivity index (χ0n) is 17.6. The minimum Gasteiger partial charge on any atom is -0.507 e. The molecule has 30 heavy (non-hydrogen) atoms. The van der Waals surface area contributed by atoms with E-state index in [-0.39, 0.29) is 11.5 Å². The number of nitrogens with zero attached hydrogens (tertiary/aromatic N) is 2. The Balaban J connectivity index is 2.08. The third-order valence-corrected chi connectivity index (χ3v) is 4.84. The highest BCUT2D eigenvalue weighted by Crippen LogP contribution is 2.32. The van der Waals surface area contributed by atoms with Crippen LogP contribution in [0.2, 0.25) is 0 Å². The molecule has 6 N–H and O–H groups in total. The lowest BCUT2D eigenvalue weighted by Gasteiger charge is -2.12. The van der Waals surface area contributed by atoms with Crippen LogP contribution in [0.3, 0.4) is 0 Å². The molecular formula is C24H26N4O2. The number of anilines is 2. The summed E-state index contributed by atoms with van der Waals surface area (Å²) < 4.78 is 0. The first-order valence-corrected chi connectivity index (χ1v) is 9.55. The van der Waals surface area contributed by atoms with Crippen LogP contribution in [-0.4, -0.2) is 21.6 Å². The SMILES string of the molecule is CC(=Nc1cc(C)ccc1N)c1cc(C(C)=Nc2cc(C)ccc2N)c(O)cc1O.